The first-order valence-electron chi connectivity index (χ1n) is 5.78. The van der Waals surface area contributed by atoms with Crippen LogP contribution in [0.4, 0.5) is 5.69 Å². The Hall–Kier alpha value is -2.55. The number of aromatic amines is 1. The SMILES string of the molecule is Bc1nc(C(=O)Nc2c[nH]nc2-c2ncccn2)cs1. The first-order chi connectivity index (χ1) is 9.74. The van der Waals surface area contributed by atoms with Crippen LogP contribution in [-0.2, 0) is 0 Å². The molecule has 98 valence electrons. The van der Waals surface area contributed by atoms with Gasteiger partial charge in [0.2, 0.25) is 0 Å². The van der Waals surface area contributed by atoms with Gasteiger partial charge in [-0.2, -0.15) is 5.10 Å². The lowest BCUT2D eigenvalue weighted by molar-refractivity contribution is 0.102. The highest BCUT2D eigenvalue weighted by Crippen LogP contribution is 2.21. The van der Waals surface area contributed by atoms with Crippen LogP contribution in [-0.4, -0.2) is 38.9 Å². The topological polar surface area (TPSA) is 96.5 Å². The van der Waals surface area contributed by atoms with Crippen molar-refractivity contribution in [2.45, 2.75) is 0 Å². The van der Waals surface area contributed by atoms with E-state index in [-0.39, 0.29) is 5.91 Å². The molecule has 3 rings (SSSR count). The third kappa shape index (κ3) is 2.43. The molecule has 3 aromatic rings. The Morgan fingerprint density at radius 3 is 2.85 bits per heavy atom. The fraction of sp³-hybridized carbons (Fsp3) is 0. The van der Waals surface area contributed by atoms with Gasteiger partial charge in [0.15, 0.2) is 19.4 Å². The van der Waals surface area contributed by atoms with Crippen molar-refractivity contribution in [2.75, 3.05) is 5.32 Å². The molecular weight excluding hydrogens is 275 g/mol. The van der Waals surface area contributed by atoms with Crippen LogP contribution < -0.4 is 10.2 Å². The molecule has 0 bridgehead atoms. The number of rotatable bonds is 3. The highest BCUT2D eigenvalue weighted by Gasteiger charge is 2.15. The van der Waals surface area contributed by atoms with E-state index in [0.717, 1.165) is 4.91 Å². The van der Waals surface area contributed by atoms with E-state index >= 15 is 0 Å². The van der Waals surface area contributed by atoms with E-state index < -0.39 is 0 Å². The van der Waals surface area contributed by atoms with Gasteiger partial charge in [0.25, 0.3) is 5.91 Å². The fourth-order valence-electron chi connectivity index (χ4n) is 1.63. The second-order valence-electron chi connectivity index (χ2n) is 3.93. The van der Waals surface area contributed by atoms with Crippen molar-refractivity contribution >= 4 is 35.7 Å². The molecule has 0 radical (unpaired) electrons. The Balaban J connectivity index is 1.86. The normalized spacial score (nSPS) is 10.4. The predicted molar refractivity (Wildman–Crippen MR) is 77.9 cm³/mol. The largest absolute Gasteiger partial charge is 0.317 e. The van der Waals surface area contributed by atoms with E-state index in [1.54, 1.807) is 30.0 Å². The smallest absolute Gasteiger partial charge is 0.275 e. The number of nitrogens with one attached hydrogen (secondary N) is 2. The number of carbonyl (C=O) groups is 1. The lowest BCUT2D eigenvalue weighted by atomic mass is 10.2. The van der Waals surface area contributed by atoms with Gasteiger partial charge in [-0.05, 0) is 6.07 Å². The number of H-pyrrole nitrogens is 1. The van der Waals surface area contributed by atoms with Crippen molar-refractivity contribution in [2.24, 2.45) is 0 Å². The minimum atomic E-state index is -0.284. The summed E-state index contributed by atoms with van der Waals surface area (Å²) in [5.41, 5.74) is 1.39. The second-order valence-corrected chi connectivity index (χ2v) is 4.99. The van der Waals surface area contributed by atoms with Crippen LogP contribution in [0.3, 0.4) is 0 Å². The number of amides is 1. The summed E-state index contributed by atoms with van der Waals surface area (Å²) >= 11 is 1.43. The molecule has 9 heteroatoms. The maximum absolute atomic E-state index is 12.1. The molecule has 0 atom stereocenters. The third-order valence-electron chi connectivity index (χ3n) is 2.52. The summed E-state index contributed by atoms with van der Waals surface area (Å²) in [6, 6.07) is 1.71. The molecule has 0 aromatic carbocycles. The molecule has 3 aromatic heterocycles. The molecule has 20 heavy (non-hydrogen) atoms. The van der Waals surface area contributed by atoms with Gasteiger partial charge in [0, 0.05) is 28.9 Å². The zero-order valence-corrected chi connectivity index (χ0v) is 11.3. The van der Waals surface area contributed by atoms with Gasteiger partial charge < -0.3 is 5.32 Å². The maximum Gasteiger partial charge on any atom is 0.275 e. The molecule has 0 unspecified atom stereocenters. The highest BCUT2D eigenvalue weighted by atomic mass is 32.1. The summed E-state index contributed by atoms with van der Waals surface area (Å²) in [4.78, 5) is 25.3. The summed E-state index contributed by atoms with van der Waals surface area (Å²) < 4.78 is 0. The molecule has 1 amide bonds. The third-order valence-corrected chi connectivity index (χ3v) is 3.29. The van der Waals surface area contributed by atoms with E-state index in [0.29, 0.717) is 22.9 Å². The summed E-state index contributed by atoms with van der Waals surface area (Å²) in [7, 11) is 1.85. The minimum Gasteiger partial charge on any atom is -0.317 e. The molecule has 0 saturated carbocycles. The number of aromatic nitrogens is 5. The summed E-state index contributed by atoms with van der Waals surface area (Å²) in [5, 5.41) is 11.2. The summed E-state index contributed by atoms with van der Waals surface area (Å²) in [6.07, 6.45) is 4.82. The van der Waals surface area contributed by atoms with E-state index in [4.69, 9.17) is 0 Å². The van der Waals surface area contributed by atoms with E-state index in [1.165, 1.54) is 11.3 Å². The number of hydrogen-bond acceptors (Lipinski definition) is 6. The Labute approximate surface area is 118 Å². The molecule has 0 spiro atoms. The zero-order valence-electron chi connectivity index (χ0n) is 10.5. The molecular formula is C11H9BN6OS. The standard InChI is InChI=1S/C11H9BN6OS/c12-11-17-7(5-20-11)10(19)16-6-4-15-18-8(6)9-13-2-1-3-14-9/h1-5H,12H2,(H,15,18)(H,16,19). The number of anilines is 1. The van der Waals surface area contributed by atoms with Crippen molar-refractivity contribution in [3.05, 3.63) is 35.7 Å². The molecule has 0 aliphatic carbocycles. The first kappa shape index (κ1) is 12.5. The fourth-order valence-corrected chi connectivity index (χ4v) is 2.22. The lowest BCUT2D eigenvalue weighted by Crippen LogP contribution is -2.14. The molecule has 0 aliphatic heterocycles. The number of hydrogen-bond donors (Lipinski definition) is 2. The Morgan fingerprint density at radius 1 is 1.35 bits per heavy atom. The van der Waals surface area contributed by atoms with Gasteiger partial charge in [0.05, 0.1) is 5.69 Å². The minimum absolute atomic E-state index is 0.284. The van der Waals surface area contributed by atoms with Crippen LogP contribution in [0.25, 0.3) is 11.5 Å². The zero-order chi connectivity index (χ0) is 13.9. The number of thiazole rings is 1. The maximum atomic E-state index is 12.1. The monoisotopic (exact) mass is 284 g/mol. The molecule has 3 heterocycles. The predicted octanol–water partition coefficient (Wildman–Crippen LogP) is -0.166. The Bertz CT molecular complexity index is 740. The van der Waals surface area contributed by atoms with Gasteiger partial charge in [0.1, 0.15) is 5.69 Å². The lowest BCUT2D eigenvalue weighted by Gasteiger charge is -2.02. The molecule has 0 saturated heterocycles. The molecule has 0 fully saturated rings. The Kier molecular flexibility index (Phi) is 3.26. The summed E-state index contributed by atoms with van der Waals surface area (Å²) in [6.45, 7) is 0. The van der Waals surface area contributed by atoms with Crippen LogP contribution in [0, 0.1) is 0 Å². The van der Waals surface area contributed by atoms with E-state index in [9.17, 15) is 4.79 Å². The van der Waals surface area contributed by atoms with Crippen LogP contribution in [0.1, 0.15) is 10.5 Å². The molecule has 7 nitrogen and oxygen atoms in total. The number of nitrogens with zero attached hydrogens (tertiary/aromatic N) is 4. The van der Waals surface area contributed by atoms with Crippen LogP contribution in [0.2, 0.25) is 0 Å². The average molecular weight is 284 g/mol. The highest BCUT2D eigenvalue weighted by molar-refractivity contribution is 7.17. The summed E-state index contributed by atoms with van der Waals surface area (Å²) in [5.74, 6) is 0.159. The van der Waals surface area contributed by atoms with Gasteiger partial charge in [-0.1, -0.05) is 0 Å². The van der Waals surface area contributed by atoms with Crippen LogP contribution in [0.5, 0.6) is 0 Å². The van der Waals surface area contributed by atoms with Crippen molar-refractivity contribution in [3.8, 4) is 11.5 Å². The molecule has 2 N–H and O–H groups in total. The van der Waals surface area contributed by atoms with Gasteiger partial charge in [-0.3, -0.25) is 9.89 Å². The first-order valence-corrected chi connectivity index (χ1v) is 6.66. The van der Waals surface area contributed by atoms with Gasteiger partial charge >= 0.3 is 0 Å². The van der Waals surface area contributed by atoms with Crippen LogP contribution in [0.15, 0.2) is 30.0 Å². The number of carbonyl (C=O) groups excluding carboxylic acids is 1. The van der Waals surface area contributed by atoms with Crippen molar-refractivity contribution < 1.29 is 4.79 Å². The van der Waals surface area contributed by atoms with Crippen molar-refractivity contribution in [3.63, 3.8) is 0 Å². The van der Waals surface area contributed by atoms with Gasteiger partial charge in [-0.15, -0.1) is 11.3 Å². The van der Waals surface area contributed by atoms with E-state index in [1.807, 2.05) is 7.85 Å². The average Bonchev–Trinajstić information content (AvgIpc) is 3.09. The van der Waals surface area contributed by atoms with Crippen LogP contribution >= 0.6 is 11.3 Å². The van der Waals surface area contributed by atoms with Crippen molar-refractivity contribution in [1.29, 1.82) is 0 Å². The second kappa shape index (κ2) is 5.21. The quantitative estimate of drug-likeness (QED) is 0.651. The van der Waals surface area contributed by atoms with Crippen molar-refractivity contribution in [1.82, 2.24) is 25.1 Å². The van der Waals surface area contributed by atoms with Gasteiger partial charge in [-0.25, -0.2) is 15.0 Å². The van der Waals surface area contributed by atoms with E-state index in [2.05, 4.69) is 30.5 Å². The Morgan fingerprint density at radius 2 is 2.15 bits per heavy atom. The molecule has 0 aliphatic rings.